The van der Waals surface area contributed by atoms with Crippen molar-refractivity contribution < 1.29 is 187 Å². The minimum atomic E-state index is -1.63. The molecule has 0 aromatic heterocycles. The summed E-state index contributed by atoms with van der Waals surface area (Å²) in [5.74, 6) is -10.8. The molecule has 40 heavy (non-hydrogen) atoms. The van der Waals surface area contributed by atoms with Crippen molar-refractivity contribution in [1.82, 2.24) is 9.80 Å². The van der Waals surface area contributed by atoms with Gasteiger partial charge < -0.3 is 71.1 Å². The van der Waals surface area contributed by atoms with Crippen LogP contribution in [0.2, 0.25) is 0 Å². The van der Waals surface area contributed by atoms with Crippen LogP contribution in [0.5, 0.6) is 0 Å². The van der Waals surface area contributed by atoms with Gasteiger partial charge in [-0.2, -0.15) is 0 Å². The van der Waals surface area contributed by atoms with Crippen molar-refractivity contribution >= 4 is 47.6 Å². The van der Waals surface area contributed by atoms with Crippen molar-refractivity contribution in [3.63, 3.8) is 0 Å². The number of carboxylic acids is 6. The molecule has 0 saturated carbocycles. The summed E-state index contributed by atoms with van der Waals surface area (Å²) in [5, 5.41) is 58.2. The van der Waals surface area contributed by atoms with Gasteiger partial charge in [0.15, 0.2) is 0 Å². The van der Waals surface area contributed by atoms with Crippen molar-refractivity contribution in [3.8, 4) is 0 Å². The van der Waals surface area contributed by atoms with Crippen LogP contribution in [-0.2, 0) is 38.4 Å². The van der Waals surface area contributed by atoms with Crippen LogP contribution in [0.3, 0.4) is 0 Å². The second-order valence-electron chi connectivity index (χ2n) is 6.95. The first-order valence-corrected chi connectivity index (χ1v) is 9.79. The number of rotatable bonds is 16. The molecular formula is C18H24N4Na4O14. The van der Waals surface area contributed by atoms with Gasteiger partial charge in [-0.3, -0.25) is 19.2 Å². The summed E-state index contributed by atoms with van der Waals surface area (Å²) >= 11 is 0. The molecule has 22 heteroatoms. The van der Waals surface area contributed by atoms with Gasteiger partial charge in [0.2, 0.25) is 11.8 Å². The number of nitrogens with zero attached hydrogens (tertiary/aromatic N) is 2. The predicted octanol–water partition coefficient (Wildman–Crippen LogP) is -21.0. The van der Waals surface area contributed by atoms with Gasteiger partial charge in [0.25, 0.3) is 0 Å². The molecule has 0 heterocycles. The first-order chi connectivity index (χ1) is 16.5. The molecule has 6 N–H and O–H groups in total. The topological polar surface area (TPSA) is 328 Å². The van der Waals surface area contributed by atoms with Gasteiger partial charge in [0.1, 0.15) is 12.1 Å². The van der Waals surface area contributed by atoms with Crippen molar-refractivity contribution in [2.75, 3.05) is 26.2 Å². The Labute approximate surface area is 316 Å². The van der Waals surface area contributed by atoms with Crippen LogP contribution in [0.25, 0.3) is 0 Å². The van der Waals surface area contributed by atoms with E-state index in [4.69, 9.17) is 21.7 Å². The third-order valence-corrected chi connectivity index (χ3v) is 3.96. The number of carbonyl (C=O) groups is 8. The van der Waals surface area contributed by atoms with E-state index in [0.29, 0.717) is 9.80 Å². The Balaban J connectivity index is -0.000000131. The molecule has 0 aromatic rings. The fraction of sp³-hybridized carbons (Fsp3) is 0.556. The largest absolute Gasteiger partial charge is 1.00 e. The zero-order chi connectivity index (χ0) is 28.6. The Kier molecular flexibility index (Phi) is 37.7. The Morgan fingerprint density at radius 3 is 0.875 bits per heavy atom. The zero-order valence-corrected chi connectivity index (χ0v) is 30.7. The van der Waals surface area contributed by atoms with E-state index in [1.54, 1.807) is 0 Å². The van der Waals surface area contributed by atoms with Crippen LogP contribution in [0.1, 0.15) is 25.7 Å². The smallest absolute Gasteiger partial charge is 0.548 e. The maximum absolute atomic E-state index is 11.4. The molecule has 0 bridgehead atoms. The summed E-state index contributed by atoms with van der Waals surface area (Å²) < 4.78 is 0. The Hall–Kier alpha value is -0.320. The molecule has 0 spiro atoms. The minimum Gasteiger partial charge on any atom is -0.548 e. The standard InChI is InChI=1S/2C9H14N2O7.4Na/c2*10-5(9(17)18)1-2-6(12)11(3-7(13)14)4-8(15)16;;;;/h2*5H,1-4,10H2,(H,13,14)(H,15,16)(H,17,18);;;;/q;;4*+1/p-4. The average molecular weight is 612 g/mol. The van der Waals surface area contributed by atoms with Crippen molar-refractivity contribution in [2.24, 2.45) is 11.5 Å². The monoisotopic (exact) mass is 612 g/mol. The molecule has 0 fully saturated rings. The molecule has 2 unspecified atom stereocenters. The summed E-state index contributed by atoms with van der Waals surface area (Å²) in [5.41, 5.74) is 10.3. The van der Waals surface area contributed by atoms with Gasteiger partial charge in [0, 0.05) is 12.8 Å². The molecule has 0 aliphatic rings. The van der Waals surface area contributed by atoms with Crippen LogP contribution in [0.4, 0.5) is 0 Å². The van der Waals surface area contributed by atoms with E-state index in [1.165, 1.54) is 0 Å². The second-order valence-corrected chi connectivity index (χ2v) is 6.95. The minimum absolute atomic E-state index is 0. The van der Waals surface area contributed by atoms with Gasteiger partial charge >= 0.3 is 130 Å². The Morgan fingerprint density at radius 1 is 0.525 bits per heavy atom. The third kappa shape index (κ3) is 29.2. The van der Waals surface area contributed by atoms with E-state index in [9.17, 15) is 58.8 Å². The fourth-order valence-electron chi connectivity index (χ4n) is 2.21. The first-order valence-electron chi connectivity index (χ1n) is 9.79. The van der Waals surface area contributed by atoms with Gasteiger partial charge in [-0.05, 0) is 12.8 Å². The average Bonchev–Trinajstić information content (AvgIpc) is 2.73. The van der Waals surface area contributed by atoms with Crippen LogP contribution >= 0.6 is 0 Å². The van der Waals surface area contributed by atoms with E-state index in [1.807, 2.05) is 0 Å². The molecule has 0 rings (SSSR count). The summed E-state index contributed by atoms with van der Waals surface area (Å²) in [6.07, 6.45) is -1.22. The van der Waals surface area contributed by atoms with E-state index in [2.05, 4.69) is 0 Å². The number of amides is 2. The predicted molar refractivity (Wildman–Crippen MR) is 103 cm³/mol. The molecule has 0 aliphatic carbocycles. The number of hydrogen-bond acceptors (Lipinski definition) is 14. The van der Waals surface area contributed by atoms with Gasteiger partial charge in [-0.1, -0.05) is 0 Å². The molecular weight excluding hydrogens is 588 g/mol. The number of aliphatic carboxylic acids is 6. The van der Waals surface area contributed by atoms with E-state index < -0.39 is 85.9 Å². The molecule has 0 radical (unpaired) electrons. The zero-order valence-electron chi connectivity index (χ0n) is 22.7. The maximum Gasteiger partial charge on any atom is 1.00 e. The third-order valence-electron chi connectivity index (χ3n) is 3.96. The van der Waals surface area contributed by atoms with E-state index >= 15 is 0 Å². The van der Waals surface area contributed by atoms with Gasteiger partial charge in [-0.15, -0.1) is 0 Å². The number of hydrogen-bond donors (Lipinski definition) is 4. The molecule has 0 aliphatic heterocycles. The molecule has 18 nitrogen and oxygen atoms in total. The van der Waals surface area contributed by atoms with Gasteiger partial charge in [-0.25, -0.2) is 0 Å². The van der Waals surface area contributed by atoms with E-state index in [-0.39, 0.29) is 144 Å². The molecule has 0 aromatic carbocycles. The Bertz CT molecular complexity index is 764. The van der Waals surface area contributed by atoms with Gasteiger partial charge in [0.05, 0.1) is 50.1 Å². The van der Waals surface area contributed by atoms with Crippen molar-refractivity contribution in [2.45, 2.75) is 37.8 Å². The molecule has 2 amide bonds. The van der Waals surface area contributed by atoms with Crippen LogP contribution in [-0.4, -0.2) is 106 Å². The van der Waals surface area contributed by atoms with Crippen LogP contribution in [0, 0.1) is 0 Å². The van der Waals surface area contributed by atoms with E-state index in [0.717, 1.165) is 0 Å². The summed E-state index contributed by atoms with van der Waals surface area (Å²) in [6.45, 7) is -3.63. The van der Waals surface area contributed by atoms with Crippen molar-refractivity contribution in [3.05, 3.63) is 0 Å². The normalized spacial score (nSPS) is 10.4. The quantitative estimate of drug-likeness (QED) is 0.118. The van der Waals surface area contributed by atoms with Crippen LogP contribution < -0.4 is 150 Å². The summed E-state index contributed by atoms with van der Waals surface area (Å²) in [7, 11) is 0. The molecule has 2 atom stereocenters. The number of nitrogens with two attached hydrogens (primary N) is 2. The fourth-order valence-corrected chi connectivity index (χ4v) is 2.21. The SMILES string of the molecule is NC(CCC(=O)N(CC(=O)[O-])CC(=O)[O-])C(=O)O.NC(CCC(=O)N(CC(=O)[O-])CC(=O)[O-])C(=O)O.[Na+].[Na+].[Na+].[Na+]. The maximum atomic E-state index is 11.4. The first kappa shape index (κ1) is 52.3. The summed E-state index contributed by atoms with van der Waals surface area (Å²) in [4.78, 5) is 85.8. The van der Waals surface area contributed by atoms with Crippen molar-refractivity contribution in [1.29, 1.82) is 0 Å². The second kappa shape index (κ2) is 28.8. The number of carbonyl (C=O) groups excluding carboxylic acids is 6. The molecule has 0 saturated heterocycles. The molecule has 204 valence electrons. The van der Waals surface area contributed by atoms with Crippen LogP contribution in [0.15, 0.2) is 0 Å². The summed E-state index contributed by atoms with van der Waals surface area (Å²) in [6, 6.07) is -2.55. The Morgan fingerprint density at radius 2 is 0.725 bits per heavy atom. The number of carboxylic acid groups (broad SMARTS) is 6.